The summed E-state index contributed by atoms with van der Waals surface area (Å²) in [5.74, 6) is 1.47. The van der Waals surface area contributed by atoms with Crippen LogP contribution in [-0.4, -0.2) is 12.2 Å². The molecule has 1 aliphatic rings. The fourth-order valence-corrected chi connectivity index (χ4v) is 0.779. The predicted octanol–water partition coefficient (Wildman–Crippen LogP) is 3.25. The van der Waals surface area contributed by atoms with Gasteiger partial charge in [-0.2, -0.15) is 13.3 Å². The molecule has 0 bridgehead atoms. The predicted molar refractivity (Wildman–Crippen MR) is 51.3 cm³/mol. The second-order valence-corrected chi connectivity index (χ2v) is 2.66. The molecule has 73 valence electrons. The van der Waals surface area contributed by atoms with Gasteiger partial charge in [-0.25, -0.2) is 0 Å². The molecule has 0 aromatic carbocycles. The monoisotopic (exact) mass is 247 g/mol. The van der Waals surface area contributed by atoms with E-state index >= 15 is 0 Å². The van der Waals surface area contributed by atoms with E-state index in [4.69, 9.17) is 4.74 Å². The average Bonchev–Trinajstić information content (AvgIpc) is 1.90. The van der Waals surface area contributed by atoms with Crippen LogP contribution in [0.5, 0.6) is 0 Å². The van der Waals surface area contributed by atoms with Crippen molar-refractivity contribution in [3.05, 3.63) is 12.8 Å². The Balaban J connectivity index is -0.000000146. The van der Waals surface area contributed by atoms with Crippen molar-refractivity contribution in [3.8, 4) is 0 Å². The van der Waals surface area contributed by atoms with Gasteiger partial charge in [0.25, 0.3) is 0 Å². The van der Waals surface area contributed by atoms with Crippen LogP contribution in [0.3, 0.4) is 0 Å². The Morgan fingerprint density at radius 1 is 1.33 bits per heavy atom. The second-order valence-electron chi connectivity index (χ2n) is 2.66. The van der Waals surface area contributed by atoms with Crippen molar-refractivity contribution in [1.29, 1.82) is 0 Å². The Morgan fingerprint density at radius 2 is 1.58 bits per heavy atom. The largest absolute Gasteiger partial charge is 0.438 e. The van der Waals surface area contributed by atoms with Gasteiger partial charge < -0.3 is 11.7 Å². The maximum Gasteiger partial charge on any atom is 0 e. The van der Waals surface area contributed by atoms with Crippen LogP contribution in [0.15, 0.2) is 0 Å². The first-order valence-corrected chi connectivity index (χ1v) is 3.91. The molecule has 2 unspecified atom stereocenters. The van der Waals surface area contributed by atoms with Gasteiger partial charge in [-0.3, -0.25) is 5.92 Å². The molecule has 1 saturated heterocycles. The molecule has 1 aliphatic heterocycles. The zero-order valence-corrected chi connectivity index (χ0v) is 10.9. The van der Waals surface area contributed by atoms with E-state index in [-0.39, 0.29) is 40.1 Å². The minimum absolute atomic E-state index is 0. The first-order valence-electron chi connectivity index (χ1n) is 3.91. The van der Waals surface area contributed by atoms with Crippen LogP contribution in [0.2, 0.25) is 0 Å². The minimum Gasteiger partial charge on any atom is -0.438 e. The van der Waals surface area contributed by atoms with Crippen LogP contribution in [-0.2, 0) is 37.4 Å². The topological polar surface area (TPSA) is 9.23 Å². The van der Waals surface area contributed by atoms with Crippen molar-refractivity contribution in [2.75, 3.05) is 0 Å². The molecule has 1 heterocycles. The van der Waals surface area contributed by atoms with Crippen molar-refractivity contribution in [3.63, 3.8) is 0 Å². The van der Waals surface area contributed by atoms with E-state index in [9.17, 15) is 0 Å². The Bertz CT molecular complexity index is 77.9. The van der Waals surface area contributed by atoms with E-state index < -0.39 is 0 Å². The summed E-state index contributed by atoms with van der Waals surface area (Å²) in [6.07, 6.45) is 1.85. The van der Waals surface area contributed by atoms with Crippen LogP contribution >= 0.6 is 0 Å². The van der Waals surface area contributed by atoms with Crippen LogP contribution < -0.4 is 0 Å². The molecule has 0 aromatic rings. The van der Waals surface area contributed by atoms with Gasteiger partial charge in [0.15, 0.2) is 0 Å². The van der Waals surface area contributed by atoms with Crippen molar-refractivity contribution in [2.45, 2.75) is 53.8 Å². The van der Waals surface area contributed by atoms with E-state index in [2.05, 4.69) is 27.7 Å². The molecular formula is C10H22OY-2. The van der Waals surface area contributed by atoms with Crippen molar-refractivity contribution in [1.82, 2.24) is 0 Å². The maximum atomic E-state index is 5.21. The maximum absolute atomic E-state index is 5.21. The van der Waals surface area contributed by atoms with Crippen molar-refractivity contribution < 1.29 is 37.4 Å². The third-order valence-electron chi connectivity index (χ3n) is 1.69. The smallest absolute Gasteiger partial charge is 0 e. The van der Waals surface area contributed by atoms with Gasteiger partial charge in [0.05, 0.1) is 0 Å². The summed E-state index contributed by atoms with van der Waals surface area (Å²) in [5.41, 5.74) is 0. The molecule has 1 nitrogen and oxygen atoms in total. The summed E-state index contributed by atoms with van der Waals surface area (Å²) >= 11 is 0. The van der Waals surface area contributed by atoms with Gasteiger partial charge in [-0.15, -0.1) is 0 Å². The SMILES string of the molecule is C.C[C-]1C(C)OC1C.[CH2-]CC.[Y]. The fourth-order valence-electron chi connectivity index (χ4n) is 0.779. The Hall–Kier alpha value is 1.06. The minimum atomic E-state index is 0. The first kappa shape index (κ1) is 18.8. The summed E-state index contributed by atoms with van der Waals surface area (Å²) in [7, 11) is 0. The molecular weight excluding hydrogens is 225 g/mol. The number of hydrogen-bond acceptors (Lipinski definition) is 1. The summed E-state index contributed by atoms with van der Waals surface area (Å²) < 4.78 is 5.21. The first-order chi connectivity index (χ1) is 4.63. The van der Waals surface area contributed by atoms with Gasteiger partial charge in [-0.1, -0.05) is 40.4 Å². The molecule has 0 saturated carbocycles. The zero-order chi connectivity index (χ0) is 8.15. The van der Waals surface area contributed by atoms with Crippen LogP contribution in [0.4, 0.5) is 0 Å². The molecule has 0 amide bonds. The molecule has 0 spiro atoms. The van der Waals surface area contributed by atoms with E-state index in [1.807, 2.05) is 6.92 Å². The molecule has 12 heavy (non-hydrogen) atoms. The van der Waals surface area contributed by atoms with Crippen molar-refractivity contribution >= 4 is 0 Å². The Morgan fingerprint density at radius 3 is 1.58 bits per heavy atom. The standard InChI is InChI=1S/C6H11O.C3H7.CH4.Y/c1-4-5(2)7-6(4)3;1-3-2;;/h5-6H,1-3H3;1,3H2,2H3;1H4;/q2*-1;;. The van der Waals surface area contributed by atoms with E-state index in [0.717, 1.165) is 6.42 Å². The average molecular weight is 247 g/mol. The molecule has 1 fully saturated rings. The number of hydrogen-bond donors (Lipinski definition) is 0. The normalized spacial score (nSPS) is 26.8. The summed E-state index contributed by atoms with van der Waals surface area (Å²) in [6, 6.07) is 0. The fraction of sp³-hybridized carbons (Fsp3) is 0.800. The molecule has 1 radical (unpaired) electrons. The Labute approximate surface area is 104 Å². The van der Waals surface area contributed by atoms with Crippen LogP contribution in [0, 0.1) is 12.8 Å². The van der Waals surface area contributed by atoms with Gasteiger partial charge in [0, 0.05) is 32.7 Å². The number of ether oxygens (including phenoxy) is 1. The third-order valence-corrected chi connectivity index (χ3v) is 1.69. The Kier molecular flexibility index (Phi) is 15.9. The molecule has 0 N–H and O–H groups in total. The van der Waals surface area contributed by atoms with E-state index in [0.29, 0.717) is 12.2 Å². The quantitative estimate of drug-likeness (QED) is 0.597. The molecule has 0 aliphatic carbocycles. The van der Waals surface area contributed by atoms with Gasteiger partial charge in [0.1, 0.15) is 0 Å². The van der Waals surface area contributed by atoms with Gasteiger partial charge >= 0.3 is 0 Å². The van der Waals surface area contributed by atoms with Gasteiger partial charge in [0.2, 0.25) is 0 Å². The second kappa shape index (κ2) is 10.1. The van der Waals surface area contributed by atoms with Gasteiger partial charge in [-0.05, 0) is 0 Å². The summed E-state index contributed by atoms with van der Waals surface area (Å²) in [5, 5.41) is 0. The molecule has 2 atom stereocenters. The third kappa shape index (κ3) is 6.57. The zero-order valence-electron chi connectivity index (χ0n) is 8.05. The van der Waals surface area contributed by atoms with E-state index in [1.54, 1.807) is 0 Å². The molecule has 1 rings (SSSR count). The summed E-state index contributed by atoms with van der Waals surface area (Å²) in [6.45, 7) is 11.8. The van der Waals surface area contributed by atoms with Crippen LogP contribution in [0.25, 0.3) is 0 Å². The van der Waals surface area contributed by atoms with Crippen molar-refractivity contribution in [2.24, 2.45) is 0 Å². The van der Waals surface area contributed by atoms with E-state index in [1.165, 1.54) is 5.92 Å². The molecule has 0 aromatic heterocycles. The van der Waals surface area contributed by atoms with Crippen LogP contribution in [0.1, 0.15) is 41.5 Å². The summed E-state index contributed by atoms with van der Waals surface area (Å²) in [4.78, 5) is 0. The number of rotatable bonds is 0. The molecule has 2 heteroatoms.